The summed E-state index contributed by atoms with van der Waals surface area (Å²) in [5, 5.41) is 2.96. The number of H-pyrrole nitrogens is 1. The van der Waals surface area contributed by atoms with E-state index in [1.54, 1.807) is 7.11 Å². The van der Waals surface area contributed by atoms with Gasteiger partial charge in [-0.05, 0) is 31.5 Å². The molecule has 0 radical (unpaired) electrons. The molecule has 5 heteroatoms. The first-order chi connectivity index (χ1) is 9.03. The molecule has 1 aromatic heterocycles. The maximum Gasteiger partial charge on any atom is 0.270 e. The van der Waals surface area contributed by atoms with Crippen LogP contribution >= 0.6 is 0 Å². The van der Waals surface area contributed by atoms with E-state index >= 15 is 0 Å². The van der Waals surface area contributed by atoms with E-state index in [-0.39, 0.29) is 5.91 Å². The maximum absolute atomic E-state index is 12.0. The van der Waals surface area contributed by atoms with Gasteiger partial charge in [-0.3, -0.25) is 4.79 Å². The van der Waals surface area contributed by atoms with Gasteiger partial charge < -0.3 is 15.0 Å². The lowest BCUT2D eigenvalue weighted by atomic mass is 9.94. The third-order valence-corrected chi connectivity index (χ3v) is 2.98. The molecular weight excluding hydrogens is 242 g/mol. The molecular formula is C14H17N3O2. The average molecular weight is 259 g/mol. The minimum Gasteiger partial charge on any atom is -0.497 e. The van der Waals surface area contributed by atoms with Crippen LogP contribution in [0.15, 0.2) is 36.8 Å². The molecule has 2 N–H and O–H groups in total. The number of aromatic nitrogens is 2. The molecule has 0 bridgehead atoms. The van der Waals surface area contributed by atoms with Gasteiger partial charge in [-0.1, -0.05) is 12.1 Å². The zero-order chi connectivity index (χ0) is 13.9. The summed E-state index contributed by atoms with van der Waals surface area (Å²) in [6.07, 6.45) is 2.98. The molecule has 0 aliphatic rings. The number of nitrogens with one attached hydrogen (secondary N) is 2. The number of rotatable bonds is 4. The Hall–Kier alpha value is -2.30. The van der Waals surface area contributed by atoms with Crippen LogP contribution in [0.1, 0.15) is 29.9 Å². The van der Waals surface area contributed by atoms with Gasteiger partial charge in [0.15, 0.2) is 0 Å². The maximum atomic E-state index is 12.0. The van der Waals surface area contributed by atoms with Crippen LogP contribution in [0, 0.1) is 0 Å². The lowest BCUT2D eigenvalue weighted by molar-refractivity contribution is 0.0907. The molecule has 0 spiro atoms. The Bertz CT molecular complexity index is 545. The molecule has 0 atom stereocenters. The van der Waals surface area contributed by atoms with Gasteiger partial charge in [0.1, 0.15) is 11.4 Å². The van der Waals surface area contributed by atoms with Crippen LogP contribution in [0.4, 0.5) is 0 Å². The first-order valence-corrected chi connectivity index (χ1v) is 5.98. The van der Waals surface area contributed by atoms with E-state index in [1.807, 2.05) is 38.1 Å². The van der Waals surface area contributed by atoms with Crippen molar-refractivity contribution in [3.05, 3.63) is 48.0 Å². The van der Waals surface area contributed by atoms with Crippen molar-refractivity contribution >= 4 is 5.91 Å². The molecule has 0 aliphatic carbocycles. The van der Waals surface area contributed by atoms with E-state index in [9.17, 15) is 4.79 Å². The van der Waals surface area contributed by atoms with Crippen LogP contribution in [0.3, 0.4) is 0 Å². The van der Waals surface area contributed by atoms with Crippen molar-refractivity contribution in [2.45, 2.75) is 19.4 Å². The number of carbonyl (C=O) groups excluding carboxylic acids is 1. The van der Waals surface area contributed by atoms with Crippen LogP contribution in [0.25, 0.3) is 0 Å². The number of imidazole rings is 1. The Morgan fingerprint density at radius 1 is 1.32 bits per heavy atom. The van der Waals surface area contributed by atoms with E-state index in [2.05, 4.69) is 15.3 Å². The zero-order valence-electron chi connectivity index (χ0n) is 11.2. The largest absolute Gasteiger partial charge is 0.497 e. The normalized spacial score (nSPS) is 11.1. The average Bonchev–Trinajstić information content (AvgIpc) is 2.92. The molecule has 2 rings (SSSR count). The second-order valence-electron chi connectivity index (χ2n) is 4.77. The van der Waals surface area contributed by atoms with Crippen molar-refractivity contribution in [3.8, 4) is 5.75 Å². The van der Waals surface area contributed by atoms with Crippen molar-refractivity contribution < 1.29 is 9.53 Å². The van der Waals surface area contributed by atoms with Gasteiger partial charge in [-0.25, -0.2) is 4.98 Å². The Morgan fingerprint density at radius 2 is 2.00 bits per heavy atom. The number of nitrogens with zero attached hydrogens (tertiary/aromatic N) is 1. The summed E-state index contributed by atoms with van der Waals surface area (Å²) in [5.41, 5.74) is 0.969. The van der Waals surface area contributed by atoms with Crippen LogP contribution in [-0.2, 0) is 5.54 Å². The van der Waals surface area contributed by atoms with Gasteiger partial charge in [0.05, 0.1) is 25.2 Å². The van der Waals surface area contributed by atoms with Gasteiger partial charge in [-0.2, -0.15) is 0 Å². The number of hydrogen-bond acceptors (Lipinski definition) is 3. The zero-order valence-corrected chi connectivity index (χ0v) is 11.2. The highest BCUT2D eigenvalue weighted by Gasteiger charge is 2.23. The minimum absolute atomic E-state index is 0.182. The molecule has 0 unspecified atom stereocenters. The molecule has 19 heavy (non-hydrogen) atoms. The van der Waals surface area contributed by atoms with Crippen LogP contribution in [0.2, 0.25) is 0 Å². The highest BCUT2D eigenvalue weighted by atomic mass is 16.5. The van der Waals surface area contributed by atoms with Crippen LogP contribution in [0.5, 0.6) is 5.75 Å². The number of amides is 1. The molecule has 0 fully saturated rings. The number of carbonyl (C=O) groups is 1. The molecule has 0 saturated heterocycles. The third-order valence-electron chi connectivity index (χ3n) is 2.98. The summed E-state index contributed by atoms with van der Waals surface area (Å²) in [6, 6.07) is 7.62. The number of hydrogen-bond donors (Lipinski definition) is 2. The standard InChI is InChI=1S/C14H17N3O2/c1-14(2,10-4-6-11(19-3)7-5-10)17-13(18)12-8-15-9-16-12/h4-9H,1-3H3,(H,15,16)(H,17,18). The summed E-state index contributed by atoms with van der Waals surface area (Å²) in [6.45, 7) is 3.89. The monoisotopic (exact) mass is 259 g/mol. The fraction of sp³-hybridized carbons (Fsp3) is 0.286. The first-order valence-electron chi connectivity index (χ1n) is 5.98. The number of benzene rings is 1. The van der Waals surface area contributed by atoms with Crippen molar-refractivity contribution in [1.29, 1.82) is 0 Å². The Labute approximate surface area is 112 Å². The molecule has 0 saturated carbocycles. The quantitative estimate of drug-likeness (QED) is 0.883. The summed E-state index contributed by atoms with van der Waals surface area (Å²) in [7, 11) is 1.63. The van der Waals surface area contributed by atoms with E-state index < -0.39 is 5.54 Å². The van der Waals surface area contributed by atoms with E-state index in [0.29, 0.717) is 5.69 Å². The Morgan fingerprint density at radius 3 is 2.53 bits per heavy atom. The third kappa shape index (κ3) is 2.93. The second kappa shape index (κ2) is 5.14. The van der Waals surface area contributed by atoms with Gasteiger partial charge in [0, 0.05) is 0 Å². The molecule has 0 aliphatic heterocycles. The van der Waals surface area contributed by atoms with Crippen molar-refractivity contribution in [2.75, 3.05) is 7.11 Å². The highest BCUT2D eigenvalue weighted by Crippen LogP contribution is 2.23. The summed E-state index contributed by atoms with van der Waals surface area (Å²) in [4.78, 5) is 18.6. The Balaban J connectivity index is 2.14. The summed E-state index contributed by atoms with van der Waals surface area (Å²) < 4.78 is 5.12. The fourth-order valence-corrected chi connectivity index (χ4v) is 1.81. The predicted octanol–water partition coefficient (Wildman–Crippen LogP) is 2.08. The summed E-state index contributed by atoms with van der Waals surface area (Å²) >= 11 is 0. The van der Waals surface area contributed by atoms with Gasteiger partial charge in [0.2, 0.25) is 0 Å². The van der Waals surface area contributed by atoms with Crippen molar-refractivity contribution in [3.63, 3.8) is 0 Å². The van der Waals surface area contributed by atoms with Gasteiger partial charge >= 0.3 is 0 Å². The molecule has 1 amide bonds. The lowest BCUT2D eigenvalue weighted by Crippen LogP contribution is -2.41. The smallest absolute Gasteiger partial charge is 0.270 e. The van der Waals surface area contributed by atoms with Gasteiger partial charge in [-0.15, -0.1) is 0 Å². The number of ether oxygens (including phenoxy) is 1. The van der Waals surface area contributed by atoms with Crippen molar-refractivity contribution in [2.24, 2.45) is 0 Å². The minimum atomic E-state index is -0.478. The fourth-order valence-electron chi connectivity index (χ4n) is 1.81. The van der Waals surface area contributed by atoms with Crippen molar-refractivity contribution in [1.82, 2.24) is 15.3 Å². The van der Waals surface area contributed by atoms with E-state index in [0.717, 1.165) is 11.3 Å². The van der Waals surface area contributed by atoms with Crippen LogP contribution in [-0.4, -0.2) is 23.0 Å². The molecule has 1 aromatic carbocycles. The highest BCUT2D eigenvalue weighted by molar-refractivity contribution is 5.92. The second-order valence-corrected chi connectivity index (χ2v) is 4.77. The SMILES string of the molecule is COc1ccc(C(C)(C)NC(=O)c2cnc[nH]2)cc1. The van der Waals surface area contributed by atoms with Crippen LogP contribution < -0.4 is 10.1 Å². The summed E-state index contributed by atoms with van der Waals surface area (Å²) in [5.74, 6) is 0.609. The van der Waals surface area contributed by atoms with E-state index in [4.69, 9.17) is 4.74 Å². The molecule has 5 nitrogen and oxygen atoms in total. The molecule has 1 heterocycles. The number of aromatic amines is 1. The number of methoxy groups -OCH3 is 1. The van der Waals surface area contributed by atoms with Gasteiger partial charge in [0.25, 0.3) is 5.91 Å². The first kappa shape index (κ1) is 13.1. The predicted molar refractivity (Wildman–Crippen MR) is 72.1 cm³/mol. The lowest BCUT2D eigenvalue weighted by Gasteiger charge is -2.26. The molecule has 100 valence electrons. The Kier molecular flexibility index (Phi) is 3.55. The van der Waals surface area contributed by atoms with E-state index in [1.165, 1.54) is 12.5 Å². The topological polar surface area (TPSA) is 67.0 Å². The molecule has 2 aromatic rings.